The minimum Gasteiger partial charge on any atom is -0.368 e. The highest BCUT2D eigenvalue weighted by molar-refractivity contribution is 6.33. The number of benzene rings is 3. The van der Waals surface area contributed by atoms with Gasteiger partial charge in [0.25, 0.3) is 5.91 Å². The third-order valence-electron chi connectivity index (χ3n) is 6.74. The molecule has 1 heterocycles. The molecule has 0 aliphatic carbocycles. The van der Waals surface area contributed by atoms with E-state index in [1.54, 1.807) is 36.4 Å². The monoisotopic (exact) mass is 564 g/mol. The fourth-order valence-corrected chi connectivity index (χ4v) is 4.85. The lowest BCUT2D eigenvalue weighted by molar-refractivity contribution is -0.132. The van der Waals surface area contributed by atoms with Crippen LogP contribution in [0, 0.1) is 11.7 Å². The molecule has 3 amide bonds. The Bertz CT molecular complexity index is 1320. The van der Waals surface area contributed by atoms with E-state index in [2.05, 4.69) is 10.2 Å². The van der Waals surface area contributed by atoms with Crippen LogP contribution in [0.3, 0.4) is 0 Å². The summed E-state index contributed by atoms with van der Waals surface area (Å²) in [5, 5.41) is 3.15. The highest BCUT2D eigenvalue weighted by atomic mass is 35.5. The molecule has 3 aromatic carbocycles. The number of amides is 3. The molecule has 1 aliphatic heterocycles. The van der Waals surface area contributed by atoms with Gasteiger partial charge in [-0.3, -0.25) is 14.4 Å². The van der Waals surface area contributed by atoms with Gasteiger partial charge in [0.05, 0.1) is 10.6 Å². The van der Waals surface area contributed by atoms with Crippen molar-refractivity contribution in [3.05, 3.63) is 94.8 Å². The summed E-state index contributed by atoms with van der Waals surface area (Å²) in [4.78, 5) is 44.2. The van der Waals surface area contributed by atoms with E-state index in [4.69, 9.17) is 11.6 Å². The molecule has 0 saturated carbocycles. The fraction of sp³-hybridized carbons (Fsp3) is 0.323. The first-order valence-corrected chi connectivity index (χ1v) is 13.8. The van der Waals surface area contributed by atoms with Gasteiger partial charge < -0.3 is 20.0 Å². The normalized spacial score (nSPS) is 13.3. The Balaban J connectivity index is 1.38. The van der Waals surface area contributed by atoms with Crippen LogP contribution < -0.4 is 10.2 Å². The number of rotatable bonds is 9. The quantitative estimate of drug-likeness (QED) is 0.375. The molecule has 1 saturated heterocycles. The summed E-state index contributed by atoms with van der Waals surface area (Å²) >= 11 is 6.25. The summed E-state index contributed by atoms with van der Waals surface area (Å²) in [5.41, 5.74) is 2.59. The largest absolute Gasteiger partial charge is 0.368 e. The summed E-state index contributed by atoms with van der Waals surface area (Å²) in [6.45, 7) is 6.87. The van der Waals surface area contributed by atoms with E-state index in [-0.39, 0.29) is 41.3 Å². The Morgan fingerprint density at radius 3 is 2.20 bits per heavy atom. The summed E-state index contributed by atoms with van der Waals surface area (Å²) in [5.74, 6) is -0.596. The average Bonchev–Trinajstić information content (AvgIpc) is 2.94. The Hall–Kier alpha value is -3.91. The number of anilines is 2. The molecule has 1 N–H and O–H groups in total. The van der Waals surface area contributed by atoms with Crippen molar-refractivity contribution in [1.82, 2.24) is 9.80 Å². The Kier molecular flexibility index (Phi) is 9.77. The first-order valence-electron chi connectivity index (χ1n) is 13.4. The van der Waals surface area contributed by atoms with Gasteiger partial charge >= 0.3 is 0 Å². The molecule has 4 rings (SSSR count). The van der Waals surface area contributed by atoms with Gasteiger partial charge in [0.1, 0.15) is 12.4 Å². The topological polar surface area (TPSA) is 73.0 Å². The van der Waals surface area contributed by atoms with Crippen molar-refractivity contribution in [2.75, 3.05) is 42.9 Å². The SMILES string of the molecule is CC(C)CC(=O)N1CCN(c2ccc(NC(=O)CN(Cc3ccc(F)cc3)C(=O)c3ccccc3Cl)cc2)CC1. The van der Waals surface area contributed by atoms with Gasteiger partial charge in [-0.25, -0.2) is 4.39 Å². The number of carbonyl (C=O) groups is 3. The Morgan fingerprint density at radius 1 is 0.925 bits per heavy atom. The van der Waals surface area contributed by atoms with E-state index < -0.39 is 5.91 Å². The van der Waals surface area contributed by atoms with Crippen LogP contribution in [0.2, 0.25) is 5.02 Å². The molecule has 7 nitrogen and oxygen atoms in total. The zero-order valence-corrected chi connectivity index (χ0v) is 23.5. The van der Waals surface area contributed by atoms with Crippen molar-refractivity contribution in [2.24, 2.45) is 5.92 Å². The van der Waals surface area contributed by atoms with E-state index in [0.717, 1.165) is 18.8 Å². The first kappa shape index (κ1) is 29.1. The highest BCUT2D eigenvalue weighted by Crippen LogP contribution is 2.22. The van der Waals surface area contributed by atoms with Gasteiger partial charge in [-0.1, -0.05) is 49.7 Å². The van der Waals surface area contributed by atoms with Crippen molar-refractivity contribution >= 4 is 40.7 Å². The number of carbonyl (C=O) groups excluding carboxylic acids is 3. The number of nitrogens with one attached hydrogen (secondary N) is 1. The Labute approximate surface area is 239 Å². The molecule has 1 fully saturated rings. The molecule has 0 unspecified atom stereocenters. The minimum absolute atomic E-state index is 0.113. The highest BCUT2D eigenvalue weighted by Gasteiger charge is 2.23. The van der Waals surface area contributed by atoms with Crippen molar-refractivity contribution < 1.29 is 18.8 Å². The lowest BCUT2D eigenvalue weighted by Crippen LogP contribution is -2.49. The molecule has 210 valence electrons. The van der Waals surface area contributed by atoms with Gasteiger partial charge in [-0.05, 0) is 60.0 Å². The average molecular weight is 565 g/mol. The molecular formula is C31H34ClFN4O3. The second-order valence-electron chi connectivity index (χ2n) is 10.3. The number of hydrogen-bond acceptors (Lipinski definition) is 4. The van der Waals surface area contributed by atoms with Crippen molar-refractivity contribution in [1.29, 1.82) is 0 Å². The van der Waals surface area contributed by atoms with Crippen LogP contribution in [-0.2, 0) is 16.1 Å². The van der Waals surface area contributed by atoms with E-state index in [1.807, 2.05) is 43.0 Å². The summed E-state index contributed by atoms with van der Waals surface area (Å²) < 4.78 is 13.4. The van der Waals surface area contributed by atoms with E-state index in [9.17, 15) is 18.8 Å². The number of hydrogen-bond donors (Lipinski definition) is 1. The minimum atomic E-state index is -0.397. The van der Waals surface area contributed by atoms with Crippen LogP contribution in [0.5, 0.6) is 0 Å². The number of piperazine rings is 1. The maximum Gasteiger partial charge on any atom is 0.256 e. The van der Waals surface area contributed by atoms with Gasteiger partial charge in [0, 0.05) is 50.5 Å². The molecule has 9 heteroatoms. The van der Waals surface area contributed by atoms with Crippen molar-refractivity contribution in [3.8, 4) is 0 Å². The van der Waals surface area contributed by atoms with Gasteiger partial charge in [0.15, 0.2) is 0 Å². The third kappa shape index (κ3) is 7.82. The zero-order chi connectivity index (χ0) is 28.6. The second kappa shape index (κ2) is 13.4. The lowest BCUT2D eigenvalue weighted by Gasteiger charge is -2.36. The molecule has 40 heavy (non-hydrogen) atoms. The van der Waals surface area contributed by atoms with Crippen molar-refractivity contribution in [2.45, 2.75) is 26.8 Å². The summed E-state index contributed by atoms with van der Waals surface area (Å²) in [7, 11) is 0. The van der Waals surface area contributed by atoms with Crippen LogP contribution in [0.15, 0.2) is 72.8 Å². The fourth-order valence-electron chi connectivity index (χ4n) is 4.64. The van der Waals surface area contributed by atoms with Crippen molar-refractivity contribution in [3.63, 3.8) is 0 Å². The van der Waals surface area contributed by atoms with E-state index >= 15 is 0 Å². The summed E-state index contributed by atoms with van der Waals surface area (Å²) in [6.07, 6.45) is 0.569. The molecular weight excluding hydrogens is 531 g/mol. The maximum atomic E-state index is 13.4. The van der Waals surface area contributed by atoms with Crippen LogP contribution in [-0.4, -0.2) is 60.2 Å². The number of nitrogens with zero attached hydrogens (tertiary/aromatic N) is 3. The smallest absolute Gasteiger partial charge is 0.256 e. The predicted molar refractivity (Wildman–Crippen MR) is 156 cm³/mol. The molecule has 0 atom stereocenters. The molecule has 0 radical (unpaired) electrons. The molecule has 0 spiro atoms. The standard InChI is InChI=1S/C31H34ClFN4O3/c1-22(2)19-30(39)36-17-15-35(16-18-36)26-13-11-25(12-14-26)34-29(38)21-37(20-23-7-9-24(33)10-8-23)31(40)27-5-3-4-6-28(27)32/h3-14,22H,15-21H2,1-2H3,(H,34,38). The van der Waals surface area contributed by atoms with E-state index in [1.165, 1.54) is 17.0 Å². The summed E-state index contributed by atoms with van der Waals surface area (Å²) in [6, 6.07) is 20.0. The molecule has 0 aromatic heterocycles. The molecule has 3 aromatic rings. The zero-order valence-electron chi connectivity index (χ0n) is 22.8. The van der Waals surface area contributed by atoms with E-state index in [0.29, 0.717) is 36.7 Å². The predicted octanol–water partition coefficient (Wildman–Crippen LogP) is 5.45. The van der Waals surface area contributed by atoms with Crippen LogP contribution in [0.1, 0.15) is 36.2 Å². The Morgan fingerprint density at radius 2 is 1.57 bits per heavy atom. The van der Waals surface area contributed by atoms with Crippen LogP contribution >= 0.6 is 11.6 Å². The molecule has 0 bridgehead atoms. The van der Waals surface area contributed by atoms with Crippen LogP contribution in [0.4, 0.5) is 15.8 Å². The second-order valence-corrected chi connectivity index (χ2v) is 10.7. The lowest BCUT2D eigenvalue weighted by atomic mass is 10.1. The third-order valence-corrected chi connectivity index (χ3v) is 7.07. The van der Waals surface area contributed by atoms with Gasteiger partial charge in [0.2, 0.25) is 11.8 Å². The van der Waals surface area contributed by atoms with Crippen LogP contribution in [0.25, 0.3) is 0 Å². The number of halogens is 2. The maximum absolute atomic E-state index is 13.4. The first-order chi connectivity index (χ1) is 19.2. The van der Waals surface area contributed by atoms with Gasteiger partial charge in [-0.2, -0.15) is 0 Å². The van der Waals surface area contributed by atoms with Gasteiger partial charge in [-0.15, -0.1) is 0 Å². The molecule has 1 aliphatic rings.